The van der Waals surface area contributed by atoms with Crippen LogP contribution < -0.4 is 10.2 Å². The Bertz CT molecular complexity index is 1600. The maximum absolute atomic E-state index is 14.0. The largest absolute Gasteiger partial charge is 0.340 e. The van der Waals surface area contributed by atoms with Crippen LogP contribution in [0.15, 0.2) is 24.8 Å². The first-order chi connectivity index (χ1) is 16.4. The number of nitrogens with one attached hydrogen (secondary N) is 2. The third kappa shape index (κ3) is 2.53. The summed E-state index contributed by atoms with van der Waals surface area (Å²) in [5.74, 6) is 2.47. The SMILES string of the molecule is C#CCN1C(=O)C2(CC(=O)Nc3c2c(C)nn3-c2ncnc3nc[nH]c23)c2cc(Cl)cc(Cl)c21. The maximum Gasteiger partial charge on any atom is 0.243 e. The lowest BCUT2D eigenvalue weighted by atomic mass is 9.70. The highest BCUT2D eigenvalue weighted by Gasteiger charge is 2.58. The minimum atomic E-state index is -1.40. The van der Waals surface area contributed by atoms with Crippen LogP contribution in [0.5, 0.6) is 0 Å². The summed E-state index contributed by atoms with van der Waals surface area (Å²) < 4.78 is 1.48. The number of H-pyrrole nitrogens is 1. The van der Waals surface area contributed by atoms with E-state index in [-0.39, 0.29) is 29.8 Å². The molecular formula is C22H14Cl2N8O2. The molecule has 5 heterocycles. The van der Waals surface area contributed by atoms with Crippen LogP contribution in [0.25, 0.3) is 17.0 Å². The van der Waals surface area contributed by atoms with Crippen molar-refractivity contribution in [1.29, 1.82) is 0 Å². The van der Waals surface area contributed by atoms with Gasteiger partial charge >= 0.3 is 0 Å². The van der Waals surface area contributed by atoms with E-state index in [1.165, 1.54) is 22.2 Å². The summed E-state index contributed by atoms with van der Waals surface area (Å²) in [6.07, 6.45) is 8.26. The summed E-state index contributed by atoms with van der Waals surface area (Å²) in [5, 5.41) is 8.14. The van der Waals surface area contributed by atoms with E-state index in [2.05, 4.69) is 36.3 Å². The van der Waals surface area contributed by atoms with Crippen LogP contribution in [0, 0.1) is 19.3 Å². The van der Waals surface area contributed by atoms with Crippen molar-refractivity contribution in [3.05, 3.63) is 51.7 Å². The minimum absolute atomic E-state index is 0.0141. The Morgan fingerprint density at radius 2 is 2.06 bits per heavy atom. The lowest BCUT2D eigenvalue weighted by Gasteiger charge is -2.33. The van der Waals surface area contributed by atoms with E-state index in [0.29, 0.717) is 50.3 Å². The molecule has 168 valence electrons. The predicted octanol–water partition coefficient (Wildman–Crippen LogP) is 2.76. The van der Waals surface area contributed by atoms with Gasteiger partial charge in [-0.15, -0.1) is 6.42 Å². The van der Waals surface area contributed by atoms with Crippen LogP contribution in [0.2, 0.25) is 10.0 Å². The van der Waals surface area contributed by atoms with E-state index in [9.17, 15) is 9.59 Å². The number of hydrogen-bond acceptors (Lipinski definition) is 6. The number of rotatable bonds is 2. The van der Waals surface area contributed by atoms with Gasteiger partial charge in [0, 0.05) is 17.0 Å². The molecule has 6 rings (SSSR count). The highest BCUT2D eigenvalue weighted by atomic mass is 35.5. The Morgan fingerprint density at radius 3 is 2.85 bits per heavy atom. The molecule has 4 aromatic rings. The van der Waals surface area contributed by atoms with Crippen LogP contribution in [0.3, 0.4) is 0 Å². The first kappa shape index (κ1) is 20.7. The molecule has 1 aromatic carbocycles. The zero-order chi connectivity index (χ0) is 23.8. The number of amides is 2. The summed E-state index contributed by atoms with van der Waals surface area (Å²) in [6, 6.07) is 3.21. The average Bonchev–Trinajstić information content (AvgIpc) is 3.46. The van der Waals surface area contributed by atoms with Crippen LogP contribution >= 0.6 is 23.2 Å². The van der Waals surface area contributed by atoms with Crippen molar-refractivity contribution in [2.24, 2.45) is 0 Å². The number of nitrogens with zero attached hydrogens (tertiary/aromatic N) is 6. The highest BCUT2D eigenvalue weighted by Crippen LogP contribution is 2.55. The summed E-state index contributed by atoms with van der Waals surface area (Å²) in [7, 11) is 0. The summed E-state index contributed by atoms with van der Waals surface area (Å²) in [5.41, 5.74) is 1.57. The number of imidazole rings is 1. The molecule has 0 aliphatic carbocycles. The van der Waals surface area contributed by atoms with Crippen molar-refractivity contribution in [3.8, 4) is 18.2 Å². The molecular weight excluding hydrogens is 479 g/mol. The fourth-order valence-electron chi connectivity index (χ4n) is 4.99. The van der Waals surface area contributed by atoms with E-state index in [1.54, 1.807) is 19.1 Å². The molecule has 1 atom stereocenters. The van der Waals surface area contributed by atoms with Gasteiger partial charge in [0.2, 0.25) is 11.8 Å². The van der Waals surface area contributed by atoms with Crippen LogP contribution in [-0.2, 0) is 15.0 Å². The average molecular weight is 493 g/mol. The smallest absolute Gasteiger partial charge is 0.243 e. The topological polar surface area (TPSA) is 122 Å². The lowest BCUT2D eigenvalue weighted by Crippen LogP contribution is -2.47. The van der Waals surface area contributed by atoms with Crippen molar-refractivity contribution >= 4 is 57.7 Å². The molecule has 0 fully saturated rings. The minimum Gasteiger partial charge on any atom is -0.340 e. The van der Waals surface area contributed by atoms with E-state index in [0.717, 1.165) is 0 Å². The Kier molecular flexibility index (Phi) is 4.27. The molecule has 0 radical (unpaired) electrons. The number of benzene rings is 1. The van der Waals surface area contributed by atoms with E-state index >= 15 is 0 Å². The van der Waals surface area contributed by atoms with Crippen molar-refractivity contribution in [2.75, 3.05) is 16.8 Å². The molecule has 1 spiro atoms. The number of terminal acetylenes is 1. The fourth-order valence-corrected chi connectivity index (χ4v) is 5.59. The summed E-state index contributed by atoms with van der Waals surface area (Å²) in [4.78, 5) is 44.2. The molecule has 0 saturated carbocycles. The lowest BCUT2D eigenvalue weighted by molar-refractivity contribution is -0.126. The van der Waals surface area contributed by atoms with E-state index in [4.69, 9.17) is 29.6 Å². The number of carbonyl (C=O) groups excluding carboxylic acids is 2. The third-order valence-corrected chi connectivity index (χ3v) is 6.70. The molecule has 3 aromatic heterocycles. The standard InChI is InChI=1S/C22H14Cl2N8O2/c1-3-4-31-17-12(5-11(23)6-13(17)24)22(21(31)34)7-14(33)29-19-15(22)10(2)30-32(19)20-16-18(26-8-25-16)27-9-28-20/h1,5-6,8-9H,4,7H2,2H3,(H,29,33)(H,25,26,27,28). The second-order valence-electron chi connectivity index (χ2n) is 8.03. The van der Waals surface area contributed by atoms with Gasteiger partial charge < -0.3 is 10.3 Å². The second-order valence-corrected chi connectivity index (χ2v) is 8.87. The van der Waals surface area contributed by atoms with Crippen LogP contribution in [-0.4, -0.2) is 48.1 Å². The van der Waals surface area contributed by atoms with Gasteiger partial charge in [-0.25, -0.2) is 15.0 Å². The summed E-state index contributed by atoms with van der Waals surface area (Å²) >= 11 is 12.9. The number of aromatic amines is 1. The number of carbonyl (C=O) groups is 2. The molecule has 1 unspecified atom stereocenters. The van der Waals surface area contributed by atoms with Crippen molar-refractivity contribution in [3.63, 3.8) is 0 Å². The first-order valence-corrected chi connectivity index (χ1v) is 10.9. The monoisotopic (exact) mass is 492 g/mol. The number of halogens is 2. The van der Waals surface area contributed by atoms with Gasteiger partial charge in [0.25, 0.3) is 0 Å². The van der Waals surface area contributed by atoms with Gasteiger partial charge in [-0.05, 0) is 24.6 Å². The molecule has 2 aliphatic heterocycles. The van der Waals surface area contributed by atoms with Gasteiger partial charge in [0.15, 0.2) is 11.5 Å². The van der Waals surface area contributed by atoms with Crippen molar-refractivity contribution in [2.45, 2.75) is 18.8 Å². The molecule has 2 aliphatic rings. The van der Waals surface area contributed by atoms with Gasteiger partial charge in [-0.1, -0.05) is 29.1 Å². The maximum atomic E-state index is 14.0. The predicted molar refractivity (Wildman–Crippen MR) is 125 cm³/mol. The summed E-state index contributed by atoms with van der Waals surface area (Å²) in [6.45, 7) is 1.75. The van der Waals surface area contributed by atoms with Crippen molar-refractivity contribution in [1.82, 2.24) is 29.7 Å². The number of anilines is 2. The zero-order valence-corrected chi connectivity index (χ0v) is 19.1. The quantitative estimate of drug-likeness (QED) is 0.415. The van der Waals surface area contributed by atoms with Crippen molar-refractivity contribution < 1.29 is 9.59 Å². The number of aryl methyl sites for hydroxylation is 1. The third-order valence-electron chi connectivity index (χ3n) is 6.19. The first-order valence-electron chi connectivity index (χ1n) is 10.2. The molecule has 2 amide bonds. The Hall–Kier alpha value is -3.94. The molecule has 10 nitrogen and oxygen atoms in total. The number of hydrogen-bond donors (Lipinski definition) is 2. The Labute approximate surface area is 202 Å². The van der Waals surface area contributed by atoms with Gasteiger partial charge in [0.1, 0.15) is 23.1 Å². The van der Waals surface area contributed by atoms with Gasteiger partial charge in [-0.3, -0.25) is 14.5 Å². The molecule has 2 N–H and O–H groups in total. The van der Waals surface area contributed by atoms with Crippen LogP contribution in [0.1, 0.15) is 23.2 Å². The zero-order valence-electron chi connectivity index (χ0n) is 17.6. The molecule has 34 heavy (non-hydrogen) atoms. The second kappa shape index (κ2) is 7.03. The molecule has 0 saturated heterocycles. The van der Waals surface area contributed by atoms with Gasteiger partial charge in [-0.2, -0.15) is 9.78 Å². The van der Waals surface area contributed by atoms with Crippen LogP contribution in [0.4, 0.5) is 11.5 Å². The van der Waals surface area contributed by atoms with E-state index < -0.39 is 5.41 Å². The number of aromatic nitrogens is 6. The Morgan fingerprint density at radius 1 is 1.24 bits per heavy atom. The fraction of sp³-hybridized carbons (Fsp3) is 0.182. The Balaban J connectivity index is 1.69. The number of fused-ring (bicyclic) bond motifs is 5. The normalized spacial score (nSPS) is 18.8. The van der Waals surface area contributed by atoms with Gasteiger partial charge in [0.05, 0.1) is 29.3 Å². The van der Waals surface area contributed by atoms with E-state index in [1.807, 2.05) is 0 Å². The molecule has 0 bridgehead atoms. The molecule has 12 heteroatoms. The highest BCUT2D eigenvalue weighted by molar-refractivity contribution is 6.38.